The average molecular weight is 271 g/mol. The van der Waals surface area contributed by atoms with Gasteiger partial charge in [0.2, 0.25) is 0 Å². The van der Waals surface area contributed by atoms with Crippen LogP contribution in [0.3, 0.4) is 0 Å². The number of rotatable bonds is 0. The molecule has 0 radical (unpaired) electrons. The number of fused-ring (bicyclic) bond motifs is 3. The number of hydrogen-bond donors (Lipinski definition) is 1. The first-order valence-electron chi connectivity index (χ1n) is 6.35. The van der Waals surface area contributed by atoms with E-state index in [4.69, 9.17) is 15.2 Å². The van der Waals surface area contributed by atoms with Gasteiger partial charge in [-0.25, -0.2) is 4.79 Å². The Morgan fingerprint density at radius 2 is 1.90 bits per heavy atom. The first-order valence-corrected chi connectivity index (χ1v) is 6.35. The Morgan fingerprint density at radius 3 is 2.75 bits per heavy atom. The molecule has 102 valence electrons. The maximum absolute atomic E-state index is 11.9. The Bertz CT molecular complexity index is 652. The van der Waals surface area contributed by atoms with E-state index in [-0.39, 0.29) is 24.3 Å². The van der Waals surface area contributed by atoms with E-state index in [1.165, 1.54) is 0 Å². The van der Waals surface area contributed by atoms with Gasteiger partial charge in [0, 0.05) is 12.0 Å². The number of ether oxygens (including phenoxy) is 2. The zero-order chi connectivity index (χ0) is 14.1. The Labute approximate surface area is 115 Å². The average Bonchev–Trinajstić information content (AvgIpc) is 2.62. The molecule has 5 nitrogen and oxygen atoms in total. The monoisotopic (exact) mass is 271 g/mol. The summed E-state index contributed by atoms with van der Waals surface area (Å²) in [7, 11) is 0. The fourth-order valence-corrected chi connectivity index (χ4v) is 2.16. The lowest BCUT2D eigenvalue weighted by molar-refractivity contribution is -0.135. The Morgan fingerprint density at radius 1 is 1.10 bits per heavy atom. The molecular weight excluding hydrogens is 258 g/mol. The Kier molecular flexibility index (Phi) is 3.12. The molecule has 3 rings (SSSR count). The van der Waals surface area contributed by atoms with Gasteiger partial charge in [0.15, 0.2) is 11.5 Å². The Hall–Kier alpha value is -2.40. The van der Waals surface area contributed by atoms with Crippen LogP contribution in [-0.2, 0) is 9.59 Å². The molecule has 0 aromatic heterocycles. The van der Waals surface area contributed by atoms with Gasteiger partial charge < -0.3 is 15.2 Å². The molecule has 20 heavy (non-hydrogen) atoms. The van der Waals surface area contributed by atoms with Gasteiger partial charge in [-0.1, -0.05) is 30.3 Å². The Balaban J connectivity index is 2.13. The third-order valence-electron chi connectivity index (χ3n) is 3.22. The maximum Gasteiger partial charge on any atom is 0.328 e. The molecule has 0 bridgehead atoms. The number of esters is 2. The molecule has 2 aliphatic carbocycles. The zero-order valence-electron chi connectivity index (χ0n) is 10.7. The second-order valence-corrected chi connectivity index (χ2v) is 4.66. The highest BCUT2D eigenvalue weighted by molar-refractivity contribution is 5.88. The smallest absolute Gasteiger partial charge is 0.328 e. The first kappa shape index (κ1) is 12.6. The minimum Gasteiger partial charge on any atom is -0.422 e. The summed E-state index contributed by atoms with van der Waals surface area (Å²) in [6.45, 7) is 0. The van der Waals surface area contributed by atoms with Gasteiger partial charge in [-0.2, -0.15) is 0 Å². The fraction of sp³-hybridized carbons (Fsp3) is 0.200. The summed E-state index contributed by atoms with van der Waals surface area (Å²) in [6, 6.07) is 10.1. The van der Waals surface area contributed by atoms with E-state index in [2.05, 4.69) is 0 Å². The van der Waals surface area contributed by atoms with E-state index < -0.39 is 18.0 Å². The predicted octanol–water partition coefficient (Wildman–Crippen LogP) is 1.72. The molecule has 3 aliphatic rings. The van der Waals surface area contributed by atoms with E-state index in [9.17, 15) is 9.59 Å². The normalized spacial score (nSPS) is 19.4. The van der Waals surface area contributed by atoms with Crippen LogP contribution in [0.25, 0.3) is 11.1 Å². The number of carbonyl (C=O) groups is 2. The maximum atomic E-state index is 11.9. The summed E-state index contributed by atoms with van der Waals surface area (Å²) in [5, 5.41) is 0. The molecular formula is C15H13NO4. The van der Waals surface area contributed by atoms with Crippen molar-refractivity contribution in [3.8, 4) is 22.6 Å². The fourth-order valence-electron chi connectivity index (χ4n) is 2.16. The topological polar surface area (TPSA) is 78.6 Å². The van der Waals surface area contributed by atoms with Crippen LogP contribution in [0.5, 0.6) is 11.5 Å². The van der Waals surface area contributed by atoms with Crippen LogP contribution in [-0.4, -0.2) is 18.0 Å². The van der Waals surface area contributed by atoms with Gasteiger partial charge in [-0.3, -0.25) is 4.79 Å². The van der Waals surface area contributed by atoms with Crippen LogP contribution in [0.2, 0.25) is 0 Å². The molecule has 0 unspecified atom stereocenters. The van der Waals surface area contributed by atoms with Crippen LogP contribution >= 0.6 is 0 Å². The van der Waals surface area contributed by atoms with E-state index in [1.807, 2.05) is 24.3 Å². The second-order valence-electron chi connectivity index (χ2n) is 4.66. The molecule has 2 N–H and O–H groups in total. The molecule has 5 heteroatoms. The summed E-state index contributed by atoms with van der Waals surface area (Å²) in [5.74, 6) is -0.450. The molecule has 0 saturated carbocycles. The first-order chi connectivity index (χ1) is 9.65. The van der Waals surface area contributed by atoms with Crippen molar-refractivity contribution in [2.24, 2.45) is 5.73 Å². The van der Waals surface area contributed by atoms with Gasteiger partial charge in [0.25, 0.3) is 0 Å². The van der Waals surface area contributed by atoms with E-state index in [0.29, 0.717) is 5.56 Å². The third kappa shape index (κ3) is 2.23. The molecule has 1 aliphatic heterocycles. The molecule has 0 aromatic rings. The third-order valence-corrected chi connectivity index (χ3v) is 3.22. The van der Waals surface area contributed by atoms with Crippen LogP contribution in [0.15, 0.2) is 36.4 Å². The molecule has 0 amide bonds. The minimum absolute atomic E-state index is 0.0883. The summed E-state index contributed by atoms with van der Waals surface area (Å²) in [6.07, 6.45) is 0.304. The molecule has 0 fully saturated rings. The predicted molar refractivity (Wildman–Crippen MR) is 71.5 cm³/mol. The van der Waals surface area contributed by atoms with Gasteiger partial charge in [-0.05, 0) is 18.1 Å². The highest BCUT2D eigenvalue weighted by Crippen LogP contribution is 2.44. The highest BCUT2D eigenvalue weighted by atomic mass is 16.6. The SMILES string of the molecule is N[C@@H]1CCC(=O)Oc2cc3cccccc-3c2OC1=O. The summed E-state index contributed by atoms with van der Waals surface area (Å²) >= 11 is 0. The van der Waals surface area contributed by atoms with Crippen molar-refractivity contribution in [2.75, 3.05) is 0 Å². The lowest BCUT2D eigenvalue weighted by Gasteiger charge is -2.08. The summed E-state index contributed by atoms with van der Waals surface area (Å²) in [5.41, 5.74) is 7.23. The van der Waals surface area contributed by atoms with Crippen LogP contribution < -0.4 is 15.2 Å². The quantitative estimate of drug-likeness (QED) is 0.738. The summed E-state index contributed by atoms with van der Waals surface area (Å²) < 4.78 is 10.6. The van der Waals surface area contributed by atoms with Crippen molar-refractivity contribution in [2.45, 2.75) is 18.9 Å². The molecule has 0 aromatic carbocycles. The minimum atomic E-state index is -0.823. The van der Waals surface area contributed by atoms with Gasteiger partial charge in [-0.15, -0.1) is 0 Å². The van der Waals surface area contributed by atoms with Gasteiger partial charge in [0.1, 0.15) is 6.04 Å². The van der Waals surface area contributed by atoms with Crippen LogP contribution in [0.1, 0.15) is 12.8 Å². The van der Waals surface area contributed by atoms with Crippen molar-refractivity contribution in [1.82, 2.24) is 0 Å². The lowest BCUT2D eigenvalue weighted by Crippen LogP contribution is -2.34. The number of carbonyl (C=O) groups excluding carboxylic acids is 2. The van der Waals surface area contributed by atoms with Crippen molar-refractivity contribution in [3.05, 3.63) is 36.4 Å². The van der Waals surface area contributed by atoms with Crippen LogP contribution in [0.4, 0.5) is 0 Å². The van der Waals surface area contributed by atoms with Crippen molar-refractivity contribution in [1.29, 1.82) is 0 Å². The number of hydrogen-bond acceptors (Lipinski definition) is 5. The summed E-state index contributed by atoms with van der Waals surface area (Å²) in [4.78, 5) is 23.6. The van der Waals surface area contributed by atoms with Crippen LogP contribution in [0, 0.1) is 0 Å². The van der Waals surface area contributed by atoms with Gasteiger partial charge in [0.05, 0.1) is 0 Å². The van der Waals surface area contributed by atoms with E-state index in [0.717, 1.165) is 5.56 Å². The van der Waals surface area contributed by atoms with E-state index in [1.54, 1.807) is 12.1 Å². The largest absolute Gasteiger partial charge is 0.422 e. The van der Waals surface area contributed by atoms with Crippen molar-refractivity contribution < 1.29 is 19.1 Å². The second kappa shape index (κ2) is 4.94. The van der Waals surface area contributed by atoms with E-state index >= 15 is 0 Å². The van der Waals surface area contributed by atoms with Gasteiger partial charge >= 0.3 is 11.9 Å². The van der Waals surface area contributed by atoms with Crippen molar-refractivity contribution >= 4 is 11.9 Å². The molecule has 0 saturated heterocycles. The number of nitrogens with two attached hydrogens (primary N) is 1. The highest BCUT2D eigenvalue weighted by Gasteiger charge is 2.27. The van der Waals surface area contributed by atoms with Crippen molar-refractivity contribution in [3.63, 3.8) is 0 Å². The molecule has 1 heterocycles. The lowest BCUT2D eigenvalue weighted by atomic mass is 10.1. The molecule has 0 spiro atoms. The standard InChI is InChI=1S/C15H13NO4/c16-11-6-7-13(17)19-12-8-9-4-2-1-3-5-10(9)14(12)20-15(11)18/h1-5,8,11H,6-7,16H2/t11-/m1/s1. The zero-order valence-corrected chi connectivity index (χ0v) is 10.7. The molecule has 1 atom stereocenters.